The average Bonchev–Trinajstić information content (AvgIpc) is 2.55. The lowest BCUT2D eigenvalue weighted by Crippen LogP contribution is -2.60. The number of esters is 2. The molecule has 1 aliphatic rings. The Balaban J connectivity index is 1.81. The molecule has 1 aliphatic heterocycles. The Morgan fingerprint density at radius 3 is 2.03 bits per heavy atom. The molecule has 1 N–H and O–H groups in total. The Kier molecular flexibility index (Phi) is 9.03. The Bertz CT molecular complexity index is 740. The van der Waals surface area contributed by atoms with Crippen LogP contribution in [0.4, 0.5) is 0 Å². The topological polar surface area (TPSA) is 76.1 Å². The maximum atomic E-state index is 12.2. The quantitative estimate of drug-likeness (QED) is 0.235. The molecule has 162 valence electrons. The largest absolute Gasteiger partial charge is 0.462 e. The minimum Gasteiger partial charge on any atom is -0.462 e. The van der Waals surface area contributed by atoms with Gasteiger partial charge in [-0.05, 0) is 114 Å². The van der Waals surface area contributed by atoms with Gasteiger partial charge in [-0.25, -0.2) is 0 Å². The highest BCUT2D eigenvalue weighted by Crippen LogP contribution is 2.38. The molecule has 0 saturated carbocycles. The number of carbonyl (C=O) groups is 2. The SMILES string of the molecule is CC1(C)CC(OC(=O)CCCC(=O)Oc2c(I)cc(I)cc2I)CC(C)(C)N1O. The molecule has 0 aromatic heterocycles. The molecule has 0 bridgehead atoms. The van der Waals surface area contributed by atoms with Crippen molar-refractivity contribution >= 4 is 79.7 Å². The number of hydrogen-bond donors (Lipinski definition) is 1. The molecule has 0 spiro atoms. The van der Waals surface area contributed by atoms with Crippen molar-refractivity contribution in [1.29, 1.82) is 0 Å². The highest BCUT2D eigenvalue weighted by atomic mass is 127. The molecule has 0 aliphatic carbocycles. The van der Waals surface area contributed by atoms with E-state index in [1.165, 1.54) is 5.06 Å². The van der Waals surface area contributed by atoms with E-state index in [1.54, 1.807) is 0 Å². The van der Waals surface area contributed by atoms with Gasteiger partial charge in [-0.2, -0.15) is 5.06 Å². The second-order valence-electron chi connectivity index (χ2n) is 8.48. The van der Waals surface area contributed by atoms with Gasteiger partial charge in [0.25, 0.3) is 0 Å². The second kappa shape index (κ2) is 10.3. The minimum atomic E-state index is -0.474. The fourth-order valence-electron chi connectivity index (χ4n) is 3.68. The number of carbonyl (C=O) groups excluding carboxylic acids is 2. The first kappa shape index (κ1) is 25.5. The summed E-state index contributed by atoms with van der Waals surface area (Å²) in [6.07, 6.45) is 1.56. The summed E-state index contributed by atoms with van der Waals surface area (Å²) in [6, 6.07) is 3.90. The van der Waals surface area contributed by atoms with Crippen molar-refractivity contribution < 1.29 is 24.3 Å². The van der Waals surface area contributed by atoms with Crippen molar-refractivity contribution in [3.8, 4) is 5.75 Å². The summed E-state index contributed by atoms with van der Waals surface area (Å²) in [7, 11) is 0. The van der Waals surface area contributed by atoms with Crippen molar-refractivity contribution in [1.82, 2.24) is 5.06 Å². The van der Waals surface area contributed by atoms with Gasteiger partial charge in [0.05, 0.1) is 7.14 Å². The van der Waals surface area contributed by atoms with Gasteiger partial charge in [-0.3, -0.25) is 9.59 Å². The van der Waals surface area contributed by atoms with E-state index in [0.29, 0.717) is 25.0 Å². The molecule has 29 heavy (non-hydrogen) atoms. The first-order chi connectivity index (χ1) is 13.3. The third-order valence-electron chi connectivity index (χ3n) is 4.84. The Hall–Kier alpha value is 0.270. The molecule has 0 unspecified atom stereocenters. The minimum absolute atomic E-state index is 0.152. The standard InChI is InChI=1S/C20H26I3NO5/c1-19(2)10-13(11-20(3,4)24(19)27)28-16(25)6-5-7-17(26)29-18-14(22)8-12(21)9-15(18)23/h8-9,13,27H,5-7,10-11H2,1-4H3. The van der Waals surface area contributed by atoms with Gasteiger partial charge < -0.3 is 14.7 Å². The molecule has 1 fully saturated rings. The molecule has 1 saturated heterocycles. The van der Waals surface area contributed by atoms with Crippen LogP contribution in [0.15, 0.2) is 12.1 Å². The van der Waals surface area contributed by atoms with Crippen LogP contribution >= 0.6 is 67.8 Å². The van der Waals surface area contributed by atoms with Gasteiger partial charge in [-0.15, -0.1) is 0 Å². The maximum absolute atomic E-state index is 12.2. The zero-order valence-electron chi connectivity index (χ0n) is 16.9. The number of benzene rings is 1. The number of hydroxylamine groups is 2. The lowest BCUT2D eigenvalue weighted by Gasteiger charge is -2.50. The molecule has 0 radical (unpaired) electrons. The average molecular weight is 741 g/mol. The molecule has 9 heteroatoms. The molecule has 0 atom stereocenters. The van der Waals surface area contributed by atoms with Crippen molar-refractivity contribution in [3.63, 3.8) is 0 Å². The van der Waals surface area contributed by atoms with Crippen molar-refractivity contribution in [3.05, 3.63) is 22.8 Å². The summed E-state index contributed by atoms with van der Waals surface area (Å²) in [5.74, 6) is -0.107. The molecule has 1 aromatic rings. The van der Waals surface area contributed by atoms with Crippen LogP contribution in [0.5, 0.6) is 5.75 Å². The monoisotopic (exact) mass is 741 g/mol. The van der Waals surface area contributed by atoms with Gasteiger partial charge >= 0.3 is 11.9 Å². The first-order valence-corrected chi connectivity index (χ1v) is 12.6. The number of piperidine rings is 1. The van der Waals surface area contributed by atoms with Gasteiger partial charge in [0.15, 0.2) is 5.75 Å². The molecular formula is C20H26I3NO5. The molecule has 1 heterocycles. The molecular weight excluding hydrogens is 715 g/mol. The van der Waals surface area contributed by atoms with Crippen LogP contribution in [0.2, 0.25) is 0 Å². The van der Waals surface area contributed by atoms with Crippen LogP contribution < -0.4 is 4.74 Å². The Labute approximate surface area is 212 Å². The predicted molar refractivity (Wildman–Crippen MR) is 135 cm³/mol. The normalized spacial score (nSPS) is 19.0. The lowest BCUT2D eigenvalue weighted by atomic mass is 9.80. The second-order valence-corrected chi connectivity index (χ2v) is 12.1. The van der Waals surface area contributed by atoms with Crippen LogP contribution in [0, 0.1) is 10.7 Å². The van der Waals surface area contributed by atoms with E-state index in [0.717, 1.165) is 10.7 Å². The fourth-order valence-corrected chi connectivity index (χ4v) is 7.48. The molecule has 2 rings (SSSR count). The number of rotatable bonds is 6. The van der Waals surface area contributed by atoms with E-state index in [1.807, 2.05) is 39.8 Å². The van der Waals surface area contributed by atoms with Crippen LogP contribution in [0.25, 0.3) is 0 Å². The Morgan fingerprint density at radius 2 is 1.52 bits per heavy atom. The van der Waals surface area contributed by atoms with Crippen molar-refractivity contribution in [2.24, 2.45) is 0 Å². The summed E-state index contributed by atoms with van der Waals surface area (Å²) >= 11 is 6.52. The molecule has 1 aromatic carbocycles. The van der Waals surface area contributed by atoms with E-state index in [9.17, 15) is 14.8 Å². The van der Waals surface area contributed by atoms with Crippen molar-refractivity contribution in [2.45, 2.75) is 77.0 Å². The lowest BCUT2D eigenvalue weighted by molar-refractivity contribution is -0.259. The summed E-state index contributed by atoms with van der Waals surface area (Å²) in [5, 5.41) is 11.7. The first-order valence-electron chi connectivity index (χ1n) is 9.36. The highest BCUT2D eigenvalue weighted by Gasteiger charge is 2.46. The third kappa shape index (κ3) is 7.14. The zero-order chi connectivity index (χ0) is 22.0. The summed E-state index contributed by atoms with van der Waals surface area (Å²) in [6.45, 7) is 7.71. The van der Waals surface area contributed by atoms with Gasteiger partial charge in [0.2, 0.25) is 0 Å². The van der Waals surface area contributed by atoms with E-state index in [4.69, 9.17) is 9.47 Å². The number of hydrogen-bond acceptors (Lipinski definition) is 6. The number of ether oxygens (including phenoxy) is 2. The summed E-state index contributed by atoms with van der Waals surface area (Å²) in [5.41, 5.74) is -0.948. The Morgan fingerprint density at radius 1 is 1.03 bits per heavy atom. The van der Waals surface area contributed by atoms with Crippen LogP contribution in [-0.4, -0.2) is 39.4 Å². The highest BCUT2D eigenvalue weighted by molar-refractivity contribution is 14.1. The predicted octanol–water partition coefficient (Wildman–Crippen LogP) is 5.53. The molecule has 6 nitrogen and oxygen atoms in total. The summed E-state index contributed by atoms with van der Waals surface area (Å²) in [4.78, 5) is 24.4. The maximum Gasteiger partial charge on any atom is 0.311 e. The molecule has 0 amide bonds. The smallest absolute Gasteiger partial charge is 0.311 e. The van der Waals surface area contributed by atoms with E-state index in [-0.39, 0.29) is 30.9 Å². The number of halogens is 3. The fraction of sp³-hybridized carbons (Fsp3) is 0.600. The van der Waals surface area contributed by atoms with Crippen LogP contribution in [0.1, 0.15) is 59.8 Å². The summed E-state index contributed by atoms with van der Waals surface area (Å²) < 4.78 is 14.0. The van der Waals surface area contributed by atoms with E-state index < -0.39 is 11.1 Å². The van der Waals surface area contributed by atoms with Gasteiger partial charge in [0, 0.05) is 40.3 Å². The van der Waals surface area contributed by atoms with Crippen LogP contribution in [0.3, 0.4) is 0 Å². The van der Waals surface area contributed by atoms with Gasteiger partial charge in [0.1, 0.15) is 6.10 Å². The zero-order valence-corrected chi connectivity index (χ0v) is 23.4. The van der Waals surface area contributed by atoms with Crippen molar-refractivity contribution in [2.75, 3.05) is 0 Å². The van der Waals surface area contributed by atoms with Gasteiger partial charge in [-0.1, -0.05) is 0 Å². The van der Waals surface area contributed by atoms with E-state index >= 15 is 0 Å². The van der Waals surface area contributed by atoms with E-state index in [2.05, 4.69) is 67.8 Å². The third-order valence-corrected chi connectivity index (χ3v) is 7.07. The number of nitrogens with zero attached hydrogens (tertiary/aromatic N) is 1. The van der Waals surface area contributed by atoms with Crippen LogP contribution in [-0.2, 0) is 14.3 Å².